The molecule has 1 heterocycles. The summed E-state index contributed by atoms with van der Waals surface area (Å²) in [6.07, 6.45) is 1.43. The summed E-state index contributed by atoms with van der Waals surface area (Å²) in [5.74, 6) is 0.322. The monoisotopic (exact) mass is 161 g/mol. The average molecular weight is 161 g/mol. The predicted octanol–water partition coefficient (Wildman–Crippen LogP) is 1.37. The van der Waals surface area contributed by atoms with Crippen molar-refractivity contribution in [1.29, 1.82) is 0 Å². The lowest BCUT2D eigenvalue weighted by atomic mass is 10.6. The number of H-pyrrole nitrogens is 1. The minimum absolute atomic E-state index is 0.266. The Balaban J connectivity index is 2.85. The zero-order valence-electron chi connectivity index (χ0n) is 4.80. The van der Waals surface area contributed by atoms with Gasteiger partial charge in [0.05, 0.1) is 0 Å². The first-order chi connectivity index (χ1) is 4.83. The molecule has 0 bridgehead atoms. The Labute approximate surface area is 60.9 Å². The molecule has 1 aromatic heterocycles. The van der Waals surface area contributed by atoms with Gasteiger partial charge in [0, 0.05) is 6.20 Å². The molecule has 0 aliphatic rings. The summed E-state index contributed by atoms with van der Waals surface area (Å²) in [5.41, 5.74) is 1.92. The van der Waals surface area contributed by atoms with Crippen molar-refractivity contribution >= 4 is 18.0 Å². The van der Waals surface area contributed by atoms with Crippen molar-refractivity contribution in [3.8, 4) is 0 Å². The van der Waals surface area contributed by atoms with Crippen molar-refractivity contribution in [1.82, 2.24) is 9.97 Å². The Bertz CT molecular complexity index is 263. The lowest BCUT2D eigenvalue weighted by molar-refractivity contribution is -0.0979. The summed E-state index contributed by atoms with van der Waals surface area (Å²) in [6, 6.07) is 1.48. The third-order valence-electron chi connectivity index (χ3n) is 0.823. The molecule has 2 N–H and O–H groups in total. The Kier molecular flexibility index (Phi) is 2.30. The van der Waals surface area contributed by atoms with E-state index in [0.717, 1.165) is 0 Å². The maximum atomic E-state index is 11.1. The maximum Gasteiger partial charge on any atom is 0.198 e. The Morgan fingerprint density at radius 2 is 2.60 bits per heavy atom. The molecule has 0 radical (unpaired) electrons. The van der Waals surface area contributed by atoms with Gasteiger partial charge >= 0.3 is 0 Å². The van der Waals surface area contributed by atoms with Crippen LogP contribution < -0.4 is 5.48 Å². The van der Waals surface area contributed by atoms with Crippen molar-refractivity contribution < 1.29 is 9.57 Å². The van der Waals surface area contributed by atoms with E-state index in [1.165, 1.54) is 12.3 Å². The number of nitrogens with zero attached hydrogens (tertiary/aromatic N) is 1. The number of hydrogen-bond donors (Lipinski definition) is 2. The SMILES string of the molecule is FONc1ccnc(=S)[nH]1. The van der Waals surface area contributed by atoms with Crippen LogP contribution in [-0.2, 0) is 5.04 Å². The van der Waals surface area contributed by atoms with Crippen LogP contribution in [0.2, 0.25) is 0 Å². The summed E-state index contributed by atoms with van der Waals surface area (Å²) >= 11 is 4.63. The van der Waals surface area contributed by atoms with Gasteiger partial charge in [0.15, 0.2) is 4.77 Å². The third-order valence-corrected chi connectivity index (χ3v) is 1.03. The first kappa shape index (κ1) is 7.10. The second-order valence-corrected chi connectivity index (χ2v) is 1.85. The molecule has 0 aliphatic heterocycles. The lowest BCUT2D eigenvalue weighted by Crippen LogP contribution is -1.95. The first-order valence-electron chi connectivity index (χ1n) is 2.42. The highest BCUT2D eigenvalue weighted by Gasteiger charge is 1.87. The van der Waals surface area contributed by atoms with Crippen molar-refractivity contribution in [2.24, 2.45) is 0 Å². The minimum Gasteiger partial charge on any atom is -0.316 e. The lowest BCUT2D eigenvalue weighted by Gasteiger charge is -1.96. The van der Waals surface area contributed by atoms with Crippen LogP contribution in [0.15, 0.2) is 12.3 Å². The van der Waals surface area contributed by atoms with Crippen LogP contribution in [0.3, 0.4) is 0 Å². The zero-order chi connectivity index (χ0) is 7.40. The molecule has 0 fully saturated rings. The topological polar surface area (TPSA) is 49.9 Å². The van der Waals surface area contributed by atoms with E-state index in [4.69, 9.17) is 0 Å². The summed E-state index contributed by atoms with van der Waals surface area (Å²) in [6.45, 7) is 0. The summed E-state index contributed by atoms with van der Waals surface area (Å²) in [5, 5.41) is 3.13. The molecule has 0 aromatic carbocycles. The van der Waals surface area contributed by atoms with Crippen molar-refractivity contribution in [3.63, 3.8) is 0 Å². The van der Waals surface area contributed by atoms with E-state index in [9.17, 15) is 4.53 Å². The second-order valence-electron chi connectivity index (χ2n) is 1.47. The number of anilines is 1. The fourth-order valence-electron chi connectivity index (χ4n) is 0.470. The van der Waals surface area contributed by atoms with Crippen LogP contribution in [0.4, 0.5) is 10.3 Å². The van der Waals surface area contributed by atoms with Gasteiger partial charge in [0.1, 0.15) is 5.82 Å². The second kappa shape index (κ2) is 3.23. The molecule has 0 saturated heterocycles. The fourth-order valence-corrected chi connectivity index (χ4v) is 0.641. The van der Waals surface area contributed by atoms with Crippen LogP contribution in [0.5, 0.6) is 0 Å². The highest BCUT2D eigenvalue weighted by molar-refractivity contribution is 7.71. The molecule has 6 heteroatoms. The maximum absolute atomic E-state index is 11.1. The van der Waals surface area contributed by atoms with Gasteiger partial charge in [-0.2, -0.15) is 0 Å². The van der Waals surface area contributed by atoms with Crippen LogP contribution in [0, 0.1) is 4.77 Å². The Hall–Kier alpha value is -1.01. The predicted molar refractivity (Wildman–Crippen MR) is 35.2 cm³/mol. The van der Waals surface area contributed by atoms with Crippen LogP contribution in [-0.4, -0.2) is 9.97 Å². The first-order valence-corrected chi connectivity index (χ1v) is 2.82. The number of nitrogens with one attached hydrogen (secondary N) is 2. The van der Waals surface area contributed by atoms with Gasteiger partial charge < -0.3 is 4.98 Å². The molecular weight excluding hydrogens is 157 g/mol. The number of hydrogen-bond acceptors (Lipinski definition) is 4. The molecule has 1 aromatic rings. The standard InChI is InChI=1S/C4H4FN3OS/c5-9-8-3-1-2-6-4(10)7-3/h1-2H,(H2,6,7,8,10). The molecule has 0 unspecified atom stereocenters. The molecule has 1 rings (SSSR count). The third kappa shape index (κ3) is 1.74. The van der Waals surface area contributed by atoms with Crippen LogP contribution >= 0.6 is 12.2 Å². The summed E-state index contributed by atoms with van der Waals surface area (Å²) < 4.78 is 11.4. The summed E-state index contributed by atoms with van der Waals surface area (Å²) in [7, 11) is 0. The molecule has 0 aliphatic carbocycles. The molecule has 54 valence electrons. The van der Waals surface area contributed by atoms with E-state index < -0.39 is 0 Å². The number of rotatable bonds is 2. The average Bonchev–Trinajstić information content (AvgIpc) is 1.88. The van der Waals surface area contributed by atoms with Crippen LogP contribution in [0.1, 0.15) is 0 Å². The Morgan fingerprint density at radius 3 is 3.20 bits per heavy atom. The van der Waals surface area contributed by atoms with Gasteiger partial charge in [-0.3, -0.25) is 0 Å². The van der Waals surface area contributed by atoms with E-state index >= 15 is 0 Å². The van der Waals surface area contributed by atoms with E-state index in [2.05, 4.69) is 27.2 Å². The molecule has 4 nitrogen and oxygen atoms in total. The molecule has 10 heavy (non-hydrogen) atoms. The molecular formula is C4H4FN3OS. The highest BCUT2D eigenvalue weighted by Crippen LogP contribution is 1.98. The highest BCUT2D eigenvalue weighted by atomic mass is 32.1. The van der Waals surface area contributed by atoms with Gasteiger partial charge in [-0.05, 0) is 22.8 Å². The van der Waals surface area contributed by atoms with Gasteiger partial charge in [0.2, 0.25) is 0 Å². The van der Waals surface area contributed by atoms with E-state index in [-0.39, 0.29) is 4.77 Å². The normalized spacial score (nSPS) is 9.30. The van der Waals surface area contributed by atoms with E-state index in [0.29, 0.717) is 5.82 Å². The smallest absolute Gasteiger partial charge is 0.198 e. The minimum atomic E-state index is 0.266. The molecule has 0 amide bonds. The fraction of sp³-hybridized carbons (Fsp3) is 0. The Morgan fingerprint density at radius 1 is 1.80 bits per heavy atom. The van der Waals surface area contributed by atoms with E-state index in [1.807, 2.05) is 5.48 Å². The van der Waals surface area contributed by atoms with Crippen molar-refractivity contribution in [2.45, 2.75) is 0 Å². The molecule has 0 spiro atoms. The quantitative estimate of drug-likeness (QED) is 0.508. The molecule has 0 atom stereocenters. The van der Waals surface area contributed by atoms with Gasteiger partial charge in [0.25, 0.3) is 0 Å². The van der Waals surface area contributed by atoms with Gasteiger partial charge in [-0.1, -0.05) is 5.04 Å². The van der Waals surface area contributed by atoms with Gasteiger partial charge in [-0.15, -0.1) is 0 Å². The largest absolute Gasteiger partial charge is 0.316 e. The molecule has 0 saturated carbocycles. The van der Waals surface area contributed by atoms with Crippen molar-refractivity contribution in [2.75, 3.05) is 5.48 Å². The zero-order valence-corrected chi connectivity index (χ0v) is 5.61. The number of aromatic amines is 1. The van der Waals surface area contributed by atoms with Crippen molar-refractivity contribution in [3.05, 3.63) is 17.0 Å². The number of aromatic nitrogens is 2. The summed E-state index contributed by atoms with van der Waals surface area (Å²) in [4.78, 5) is 6.20. The van der Waals surface area contributed by atoms with Crippen LogP contribution in [0.25, 0.3) is 0 Å². The van der Waals surface area contributed by atoms with Gasteiger partial charge in [-0.25, -0.2) is 10.5 Å². The van der Waals surface area contributed by atoms with E-state index in [1.54, 1.807) is 0 Å². The number of halogens is 1.